The van der Waals surface area contributed by atoms with Crippen molar-refractivity contribution >= 4 is 22.8 Å². The molecule has 168 valence electrons. The average Bonchev–Trinajstić information content (AvgIpc) is 2.84. The molecule has 1 atom stereocenters. The molecular formula is C24H24FN7O. The third-order valence-corrected chi connectivity index (χ3v) is 5.85. The Hall–Kier alpha value is -3.88. The Morgan fingerprint density at radius 2 is 1.97 bits per heavy atom. The number of nitrogens with zero attached hydrogens (tertiary/aromatic N) is 6. The minimum absolute atomic E-state index is 0.200. The lowest BCUT2D eigenvalue weighted by atomic mass is 10.0. The van der Waals surface area contributed by atoms with Gasteiger partial charge in [-0.3, -0.25) is 9.78 Å². The second-order valence-corrected chi connectivity index (χ2v) is 8.14. The largest absolute Gasteiger partial charge is 0.368 e. The number of halogens is 1. The van der Waals surface area contributed by atoms with E-state index >= 15 is 0 Å². The van der Waals surface area contributed by atoms with Crippen LogP contribution in [-0.2, 0) is 6.54 Å². The zero-order valence-electron chi connectivity index (χ0n) is 18.1. The van der Waals surface area contributed by atoms with Crippen LogP contribution in [0.3, 0.4) is 0 Å². The zero-order chi connectivity index (χ0) is 22.6. The maximum atomic E-state index is 13.6. The third-order valence-electron chi connectivity index (χ3n) is 5.85. The Bertz CT molecular complexity index is 1330. The molecule has 1 aliphatic rings. The van der Waals surface area contributed by atoms with Gasteiger partial charge >= 0.3 is 0 Å². The summed E-state index contributed by atoms with van der Waals surface area (Å²) in [6.07, 6.45) is 6.47. The number of hydrogen-bond donors (Lipinski definition) is 1. The number of nitrogens with one attached hydrogen (secondary N) is 1. The van der Waals surface area contributed by atoms with Gasteiger partial charge in [-0.2, -0.15) is 5.10 Å². The second-order valence-electron chi connectivity index (χ2n) is 8.14. The molecule has 0 radical (unpaired) electrons. The minimum Gasteiger partial charge on any atom is -0.368 e. The summed E-state index contributed by atoms with van der Waals surface area (Å²) in [5, 5.41) is 8.03. The Labute approximate surface area is 190 Å². The standard InChI is InChI=1S/C24H24FN7O/c25-18-5-3-4-17(14-18)16-32-23(33)10-9-22(30-32)31-13-2-1-6-19(31)15-28-21-8-7-20-24(29-21)27-12-11-26-20/h3-5,7-12,14,19H,1-2,6,13,15-16H2,(H,27,28,29). The Morgan fingerprint density at radius 3 is 2.88 bits per heavy atom. The Kier molecular flexibility index (Phi) is 5.93. The summed E-state index contributed by atoms with van der Waals surface area (Å²) in [7, 11) is 0. The lowest BCUT2D eigenvalue weighted by molar-refractivity contribution is 0.463. The summed E-state index contributed by atoms with van der Waals surface area (Å²) >= 11 is 0. The van der Waals surface area contributed by atoms with Gasteiger partial charge < -0.3 is 10.2 Å². The first kappa shape index (κ1) is 21.0. The number of benzene rings is 1. The molecule has 0 aliphatic carbocycles. The van der Waals surface area contributed by atoms with E-state index in [1.54, 1.807) is 30.6 Å². The van der Waals surface area contributed by atoms with Gasteiger partial charge in [-0.05, 0) is 55.2 Å². The topological polar surface area (TPSA) is 88.8 Å². The lowest BCUT2D eigenvalue weighted by Crippen LogP contribution is -2.45. The molecule has 1 unspecified atom stereocenters. The predicted octanol–water partition coefficient (Wildman–Crippen LogP) is 3.24. The minimum atomic E-state index is -0.327. The molecule has 1 aromatic carbocycles. The van der Waals surface area contributed by atoms with Gasteiger partial charge in [-0.15, -0.1) is 0 Å². The number of anilines is 2. The SMILES string of the molecule is O=c1ccc(N2CCCCC2CNc2ccc3nccnc3n2)nn1Cc1cccc(F)c1. The molecule has 8 nitrogen and oxygen atoms in total. The number of piperidine rings is 1. The highest BCUT2D eigenvalue weighted by molar-refractivity contribution is 5.71. The molecule has 0 bridgehead atoms. The first-order valence-electron chi connectivity index (χ1n) is 11.1. The van der Waals surface area contributed by atoms with E-state index in [2.05, 4.69) is 30.3 Å². The van der Waals surface area contributed by atoms with Gasteiger partial charge in [-0.25, -0.2) is 19.0 Å². The van der Waals surface area contributed by atoms with Gasteiger partial charge in [0.25, 0.3) is 5.56 Å². The van der Waals surface area contributed by atoms with Gasteiger partial charge in [-0.1, -0.05) is 12.1 Å². The normalized spacial score (nSPS) is 16.2. The van der Waals surface area contributed by atoms with Crippen LogP contribution in [-0.4, -0.2) is 43.9 Å². The van der Waals surface area contributed by atoms with E-state index in [4.69, 9.17) is 0 Å². The number of fused-ring (bicyclic) bond motifs is 1. The van der Waals surface area contributed by atoms with Crippen molar-refractivity contribution < 1.29 is 4.39 Å². The Balaban J connectivity index is 1.34. The van der Waals surface area contributed by atoms with Gasteiger partial charge in [0.05, 0.1) is 6.54 Å². The van der Waals surface area contributed by atoms with Crippen LogP contribution in [0.4, 0.5) is 16.0 Å². The van der Waals surface area contributed by atoms with Gasteiger partial charge in [0.1, 0.15) is 23.0 Å². The number of aromatic nitrogens is 5. The number of rotatable bonds is 6. The fraction of sp³-hybridized carbons (Fsp3) is 0.292. The molecule has 1 N–H and O–H groups in total. The molecule has 1 fully saturated rings. The van der Waals surface area contributed by atoms with E-state index in [1.807, 2.05) is 12.1 Å². The van der Waals surface area contributed by atoms with E-state index in [9.17, 15) is 9.18 Å². The first-order chi connectivity index (χ1) is 16.2. The fourth-order valence-electron chi connectivity index (χ4n) is 4.20. The van der Waals surface area contributed by atoms with Crippen molar-refractivity contribution in [2.75, 3.05) is 23.3 Å². The van der Waals surface area contributed by atoms with Crippen LogP contribution >= 0.6 is 0 Å². The summed E-state index contributed by atoms with van der Waals surface area (Å²) in [5.41, 5.74) is 1.85. The van der Waals surface area contributed by atoms with Crippen LogP contribution in [0.2, 0.25) is 0 Å². The average molecular weight is 446 g/mol. The highest BCUT2D eigenvalue weighted by Gasteiger charge is 2.24. The molecular weight excluding hydrogens is 421 g/mol. The highest BCUT2D eigenvalue weighted by atomic mass is 19.1. The van der Waals surface area contributed by atoms with E-state index < -0.39 is 0 Å². The van der Waals surface area contributed by atoms with Crippen LogP contribution in [0.5, 0.6) is 0 Å². The van der Waals surface area contributed by atoms with Crippen molar-refractivity contribution in [3.8, 4) is 0 Å². The lowest BCUT2D eigenvalue weighted by Gasteiger charge is -2.36. The van der Waals surface area contributed by atoms with Crippen LogP contribution in [0.25, 0.3) is 11.2 Å². The molecule has 4 aromatic rings. The molecule has 0 saturated carbocycles. The van der Waals surface area contributed by atoms with Crippen LogP contribution in [0.1, 0.15) is 24.8 Å². The second kappa shape index (κ2) is 9.32. The van der Waals surface area contributed by atoms with Crippen LogP contribution in [0.15, 0.2) is 65.7 Å². The molecule has 1 saturated heterocycles. The molecule has 5 rings (SSSR count). The third kappa shape index (κ3) is 4.82. The van der Waals surface area contributed by atoms with Crippen molar-refractivity contribution in [1.29, 1.82) is 0 Å². The molecule has 0 spiro atoms. The maximum absolute atomic E-state index is 13.6. The van der Waals surface area contributed by atoms with E-state index in [0.29, 0.717) is 17.8 Å². The molecule has 1 aliphatic heterocycles. The van der Waals surface area contributed by atoms with E-state index in [0.717, 1.165) is 43.0 Å². The zero-order valence-corrected chi connectivity index (χ0v) is 18.1. The Morgan fingerprint density at radius 1 is 1.06 bits per heavy atom. The summed E-state index contributed by atoms with van der Waals surface area (Å²) in [4.78, 5) is 27.7. The highest BCUT2D eigenvalue weighted by Crippen LogP contribution is 2.23. The summed E-state index contributed by atoms with van der Waals surface area (Å²) in [6, 6.07) is 13.6. The quantitative estimate of drug-likeness (QED) is 0.487. The fourth-order valence-corrected chi connectivity index (χ4v) is 4.20. The van der Waals surface area contributed by atoms with Crippen molar-refractivity contribution in [3.63, 3.8) is 0 Å². The smallest absolute Gasteiger partial charge is 0.267 e. The van der Waals surface area contributed by atoms with Crippen molar-refractivity contribution in [1.82, 2.24) is 24.7 Å². The summed E-state index contributed by atoms with van der Waals surface area (Å²) in [5.74, 6) is 1.17. The molecule has 3 aromatic heterocycles. The van der Waals surface area contributed by atoms with Gasteiger partial charge in [0.2, 0.25) is 0 Å². The molecule has 9 heteroatoms. The molecule has 33 heavy (non-hydrogen) atoms. The predicted molar refractivity (Wildman–Crippen MR) is 125 cm³/mol. The van der Waals surface area contributed by atoms with Crippen molar-refractivity contribution in [2.45, 2.75) is 31.8 Å². The summed E-state index contributed by atoms with van der Waals surface area (Å²) in [6.45, 7) is 1.76. The summed E-state index contributed by atoms with van der Waals surface area (Å²) < 4.78 is 15.0. The monoisotopic (exact) mass is 445 g/mol. The van der Waals surface area contributed by atoms with Crippen molar-refractivity contribution in [3.05, 3.63) is 82.7 Å². The maximum Gasteiger partial charge on any atom is 0.267 e. The van der Waals surface area contributed by atoms with Crippen LogP contribution in [0, 0.1) is 5.82 Å². The van der Waals surface area contributed by atoms with E-state index in [1.165, 1.54) is 22.9 Å². The molecule has 4 heterocycles. The number of pyridine rings is 1. The first-order valence-corrected chi connectivity index (χ1v) is 11.1. The van der Waals surface area contributed by atoms with Crippen LogP contribution < -0.4 is 15.8 Å². The van der Waals surface area contributed by atoms with Gasteiger partial charge in [0, 0.05) is 37.6 Å². The van der Waals surface area contributed by atoms with E-state index in [-0.39, 0.29) is 24.0 Å². The molecule has 0 amide bonds. The van der Waals surface area contributed by atoms with Crippen molar-refractivity contribution in [2.24, 2.45) is 0 Å². The van der Waals surface area contributed by atoms with Gasteiger partial charge in [0.15, 0.2) is 5.65 Å². The number of hydrogen-bond acceptors (Lipinski definition) is 7.